The molecule has 0 saturated carbocycles. The van der Waals surface area contributed by atoms with E-state index in [0.717, 1.165) is 0 Å². The molecule has 96 valence electrons. The van der Waals surface area contributed by atoms with E-state index in [1.807, 2.05) is 6.07 Å². The van der Waals surface area contributed by atoms with Crippen LogP contribution in [0.4, 0.5) is 8.78 Å². The Balaban J connectivity index is 0.000000191. The Kier molecular flexibility index (Phi) is 5.17. The summed E-state index contributed by atoms with van der Waals surface area (Å²) in [5, 5.41) is 15.2. The van der Waals surface area contributed by atoms with Crippen molar-refractivity contribution in [3.63, 3.8) is 0 Å². The Morgan fingerprint density at radius 3 is 1.74 bits per heavy atom. The summed E-state index contributed by atoms with van der Waals surface area (Å²) >= 11 is 0. The molecule has 3 nitrogen and oxygen atoms in total. The Labute approximate surface area is 109 Å². The molecule has 2 aromatic carbocycles. The normalized spacial score (nSPS) is 8.89. The SMILES string of the molecule is N#Cc1ccc(F)cc1.N=C(N)c1ccc(F)cc1. The Hall–Kier alpha value is -2.74. The number of halogens is 2. The van der Waals surface area contributed by atoms with Gasteiger partial charge in [-0.15, -0.1) is 0 Å². The molecule has 0 aliphatic carbocycles. The molecule has 0 unspecified atom stereocenters. The van der Waals surface area contributed by atoms with E-state index in [-0.39, 0.29) is 17.5 Å². The number of amidine groups is 1. The number of nitriles is 1. The summed E-state index contributed by atoms with van der Waals surface area (Å²) < 4.78 is 24.4. The fourth-order valence-corrected chi connectivity index (χ4v) is 1.15. The maximum atomic E-state index is 12.2. The lowest BCUT2D eigenvalue weighted by Crippen LogP contribution is -2.10. The second-order valence-corrected chi connectivity index (χ2v) is 3.54. The van der Waals surface area contributed by atoms with Gasteiger partial charge in [-0.3, -0.25) is 5.41 Å². The number of nitrogen functional groups attached to an aromatic ring is 1. The van der Waals surface area contributed by atoms with Crippen LogP contribution in [0.25, 0.3) is 0 Å². The fourth-order valence-electron chi connectivity index (χ4n) is 1.15. The molecule has 0 atom stereocenters. The van der Waals surface area contributed by atoms with E-state index in [9.17, 15) is 8.78 Å². The van der Waals surface area contributed by atoms with Crippen molar-refractivity contribution in [3.05, 3.63) is 71.3 Å². The lowest BCUT2D eigenvalue weighted by molar-refractivity contribution is 0.627. The highest BCUT2D eigenvalue weighted by Gasteiger charge is 1.94. The van der Waals surface area contributed by atoms with Gasteiger partial charge in [0.2, 0.25) is 0 Å². The number of rotatable bonds is 1. The van der Waals surface area contributed by atoms with Gasteiger partial charge in [0.1, 0.15) is 17.5 Å². The highest BCUT2D eigenvalue weighted by molar-refractivity contribution is 5.94. The minimum absolute atomic E-state index is 0.0417. The lowest BCUT2D eigenvalue weighted by Gasteiger charge is -1.94. The monoisotopic (exact) mass is 259 g/mol. The van der Waals surface area contributed by atoms with Gasteiger partial charge in [0, 0.05) is 5.56 Å². The lowest BCUT2D eigenvalue weighted by atomic mass is 10.2. The van der Waals surface area contributed by atoms with E-state index in [4.69, 9.17) is 16.4 Å². The summed E-state index contributed by atoms with van der Waals surface area (Å²) in [6.07, 6.45) is 0. The van der Waals surface area contributed by atoms with Crippen molar-refractivity contribution in [2.45, 2.75) is 0 Å². The summed E-state index contributed by atoms with van der Waals surface area (Å²) in [7, 11) is 0. The molecule has 19 heavy (non-hydrogen) atoms. The molecule has 3 N–H and O–H groups in total. The third-order valence-corrected chi connectivity index (χ3v) is 2.13. The first-order chi connectivity index (χ1) is 9.02. The first kappa shape index (κ1) is 14.3. The summed E-state index contributed by atoms with van der Waals surface area (Å²) in [6, 6.07) is 12.8. The average molecular weight is 259 g/mol. The Morgan fingerprint density at radius 2 is 1.37 bits per heavy atom. The molecule has 0 bridgehead atoms. The zero-order valence-electron chi connectivity index (χ0n) is 9.90. The third-order valence-electron chi connectivity index (χ3n) is 2.13. The van der Waals surface area contributed by atoms with Gasteiger partial charge < -0.3 is 5.73 Å². The molecule has 0 spiro atoms. The van der Waals surface area contributed by atoms with Gasteiger partial charge in [-0.2, -0.15) is 5.26 Å². The van der Waals surface area contributed by atoms with E-state index >= 15 is 0 Å². The Morgan fingerprint density at radius 1 is 0.947 bits per heavy atom. The van der Waals surface area contributed by atoms with Gasteiger partial charge >= 0.3 is 0 Å². The predicted octanol–water partition coefficient (Wildman–Crippen LogP) is 2.81. The summed E-state index contributed by atoms with van der Waals surface area (Å²) in [5.74, 6) is -0.668. The van der Waals surface area contributed by atoms with E-state index in [1.165, 1.54) is 48.5 Å². The molecular weight excluding hydrogens is 248 g/mol. The number of nitrogens with zero attached hydrogens (tertiary/aromatic N) is 1. The standard InChI is InChI=1S/C7H7FN2.C7H4FN/c8-6-3-1-5(2-4-6)7(9)10;8-7-3-1-6(5-9)2-4-7/h1-4H,(H3,9,10);1-4H. The van der Waals surface area contributed by atoms with Crippen molar-refractivity contribution < 1.29 is 8.78 Å². The van der Waals surface area contributed by atoms with Crippen LogP contribution in [0, 0.1) is 28.4 Å². The van der Waals surface area contributed by atoms with E-state index in [1.54, 1.807) is 0 Å². The minimum Gasteiger partial charge on any atom is -0.384 e. The van der Waals surface area contributed by atoms with Crippen molar-refractivity contribution in [1.82, 2.24) is 0 Å². The zero-order valence-corrected chi connectivity index (χ0v) is 9.90. The zero-order chi connectivity index (χ0) is 14.3. The van der Waals surface area contributed by atoms with Crippen LogP contribution in [0.15, 0.2) is 48.5 Å². The van der Waals surface area contributed by atoms with Crippen LogP contribution >= 0.6 is 0 Å². The molecule has 5 heteroatoms. The first-order valence-corrected chi connectivity index (χ1v) is 5.28. The molecule has 0 aliphatic heterocycles. The minimum atomic E-state index is -0.315. The van der Waals surface area contributed by atoms with Gasteiger partial charge in [0.25, 0.3) is 0 Å². The number of hydrogen-bond donors (Lipinski definition) is 2. The molecule has 0 aliphatic rings. The van der Waals surface area contributed by atoms with E-state index in [0.29, 0.717) is 11.1 Å². The average Bonchev–Trinajstić information content (AvgIpc) is 2.41. The van der Waals surface area contributed by atoms with Crippen LogP contribution in [0.3, 0.4) is 0 Å². The summed E-state index contributed by atoms with van der Waals surface area (Å²) in [6.45, 7) is 0. The first-order valence-electron chi connectivity index (χ1n) is 5.28. The van der Waals surface area contributed by atoms with Gasteiger partial charge in [0.05, 0.1) is 11.6 Å². The van der Waals surface area contributed by atoms with Crippen molar-refractivity contribution in [1.29, 1.82) is 10.7 Å². The highest BCUT2D eigenvalue weighted by Crippen LogP contribution is 2.00. The third kappa shape index (κ3) is 4.96. The maximum Gasteiger partial charge on any atom is 0.123 e. The van der Waals surface area contributed by atoms with Crippen LogP contribution < -0.4 is 5.73 Å². The molecule has 0 fully saturated rings. The van der Waals surface area contributed by atoms with Crippen molar-refractivity contribution in [2.24, 2.45) is 5.73 Å². The van der Waals surface area contributed by atoms with Crippen LogP contribution in [-0.4, -0.2) is 5.84 Å². The van der Waals surface area contributed by atoms with Crippen LogP contribution in [-0.2, 0) is 0 Å². The molecular formula is C14H11F2N3. The van der Waals surface area contributed by atoms with Crippen LogP contribution in [0.1, 0.15) is 11.1 Å². The van der Waals surface area contributed by atoms with Crippen LogP contribution in [0.5, 0.6) is 0 Å². The van der Waals surface area contributed by atoms with Crippen LogP contribution in [0.2, 0.25) is 0 Å². The highest BCUT2D eigenvalue weighted by atomic mass is 19.1. The molecule has 0 aromatic heterocycles. The fraction of sp³-hybridized carbons (Fsp3) is 0. The maximum absolute atomic E-state index is 12.2. The van der Waals surface area contributed by atoms with Crippen molar-refractivity contribution in [3.8, 4) is 6.07 Å². The second-order valence-electron chi connectivity index (χ2n) is 3.54. The van der Waals surface area contributed by atoms with Gasteiger partial charge in [0.15, 0.2) is 0 Å². The molecule has 0 radical (unpaired) electrons. The molecule has 0 amide bonds. The van der Waals surface area contributed by atoms with Gasteiger partial charge in [-0.05, 0) is 48.5 Å². The number of nitrogens with two attached hydrogens (primary N) is 1. The smallest absolute Gasteiger partial charge is 0.123 e. The largest absolute Gasteiger partial charge is 0.384 e. The Bertz CT molecular complexity index is 584. The van der Waals surface area contributed by atoms with Gasteiger partial charge in [-0.1, -0.05) is 0 Å². The van der Waals surface area contributed by atoms with Crippen molar-refractivity contribution >= 4 is 5.84 Å². The quantitative estimate of drug-likeness (QED) is 0.610. The summed E-state index contributed by atoms with van der Waals surface area (Å²) in [4.78, 5) is 0. The molecule has 2 rings (SSSR count). The second kappa shape index (κ2) is 6.87. The summed E-state index contributed by atoms with van der Waals surface area (Å²) in [5.41, 5.74) is 6.15. The predicted molar refractivity (Wildman–Crippen MR) is 68.5 cm³/mol. The molecule has 2 aromatic rings. The molecule has 0 heterocycles. The van der Waals surface area contributed by atoms with Gasteiger partial charge in [-0.25, -0.2) is 8.78 Å². The van der Waals surface area contributed by atoms with E-state index in [2.05, 4.69) is 0 Å². The number of hydrogen-bond acceptors (Lipinski definition) is 2. The number of benzene rings is 2. The topological polar surface area (TPSA) is 73.7 Å². The number of nitrogens with one attached hydrogen (secondary N) is 1. The van der Waals surface area contributed by atoms with Crippen molar-refractivity contribution in [2.75, 3.05) is 0 Å². The molecule has 0 saturated heterocycles. The van der Waals surface area contributed by atoms with E-state index < -0.39 is 0 Å².